The maximum absolute atomic E-state index is 12.7. The third-order valence-corrected chi connectivity index (χ3v) is 4.17. The van der Waals surface area contributed by atoms with Crippen molar-refractivity contribution in [2.75, 3.05) is 5.32 Å². The summed E-state index contributed by atoms with van der Waals surface area (Å²) < 4.78 is 1.40. The molecular formula is C20H14ClN3O. The molecule has 0 aliphatic heterocycles. The number of nitrogens with one attached hydrogen (secondary N) is 1. The first-order valence-electron chi connectivity index (χ1n) is 7.82. The highest BCUT2D eigenvalue weighted by molar-refractivity contribution is 6.30. The van der Waals surface area contributed by atoms with Crippen LogP contribution in [0.1, 0.15) is 0 Å². The summed E-state index contributed by atoms with van der Waals surface area (Å²) in [5.74, 6) is 0. The van der Waals surface area contributed by atoms with Gasteiger partial charge < -0.3 is 5.32 Å². The highest BCUT2D eigenvalue weighted by Gasteiger charge is 2.16. The molecule has 0 radical (unpaired) electrons. The second kappa shape index (κ2) is 6.42. The van der Waals surface area contributed by atoms with Gasteiger partial charge in [-0.3, -0.25) is 0 Å². The van der Waals surface area contributed by atoms with E-state index >= 15 is 0 Å². The number of anilines is 1. The number of carbonyl (C=O) groups excluding carboxylic acids is 1. The predicted octanol–water partition coefficient (Wildman–Crippen LogP) is 5.44. The van der Waals surface area contributed by atoms with E-state index < -0.39 is 0 Å². The number of amides is 1. The van der Waals surface area contributed by atoms with E-state index in [4.69, 9.17) is 11.6 Å². The molecule has 0 bridgehead atoms. The Morgan fingerprint density at radius 1 is 0.880 bits per heavy atom. The molecule has 122 valence electrons. The summed E-state index contributed by atoms with van der Waals surface area (Å²) >= 11 is 5.88. The third kappa shape index (κ3) is 2.99. The molecule has 0 atom stereocenters. The molecule has 5 heteroatoms. The third-order valence-electron chi connectivity index (χ3n) is 3.92. The fraction of sp³-hybridized carbons (Fsp3) is 0. The monoisotopic (exact) mass is 347 g/mol. The summed E-state index contributed by atoms with van der Waals surface area (Å²) in [5.41, 5.74) is 3.17. The first-order chi connectivity index (χ1) is 12.2. The summed E-state index contributed by atoms with van der Waals surface area (Å²) in [7, 11) is 0. The number of aromatic nitrogens is 2. The highest BCUT2D eigenvalue weighted by atomic mass is 35.5. The lowest BCUT2D eigenvalue weighted by Gasteiger charge is -2.05. The Hall–Kier alpha value is -3.11. The molecule has 1 N–H and O–H groups in total. The van der Waals surface area contributed by atoms with Crippen LogP contribution >= 0.6 is 11.6 Å². The molecule has 0 saturated heterocycles. The van der Waals surface area contributed by atoms with E-state index in [0.29, 0.717) is 10.7 Å². The van der Waals surface area contributed by atoms with Crippen molar-refractivity contribution in [1.82, 2.24) is 9.78 Å². The average molecular weight is 348 g/mol. The zero-order valence-electron chi connectivity index (χ0n) is 13.2. The lowest BCUT2D eigenvalue weighted by atomic mass is 10.1. The van der Waals surface area contributed by atoms with E-state index in [-0.39, 0.29) is 6.03 Å². The number of hydrogen-bond donors (Lipinski definition) is 1. The van der Waals surface area contributed by atoms with Crippen LogP contribution in [0, 0.1) is 0 Å². The van der Waals surface area contributed by atoms with Gasteiger partial charge in [0.2, 0.25) is 0 Å². The molecule has 0 aliphatic rings. The number of carbonyl (C=O) groups is 1. The molecule has 4 aromatic rings. The normalized spacial score (nSPS) is 10.8. The fourth-order valence-corrected chi connectivity index (χ4v) is 2.87. The number of para-hydroxylation sites is 1. The first-order valence-corrected chi connectivity index (χ1v) is 8.20. The van der Waals surface area contributed by atoms with Gasteiger partial charge in [-0.1, -0.05) is 60.1 Å². The maximum atomic E-state index is 12.7. The molecule has 0 saturated carbocycles. The molecule has 0 aliphatic carbocycles. The van der Waals surface area contributed by atoms with Gasteiger partial charge in [0.25, 0.3) is 0 Å². The number of nitrogens with zero attached hydrogens (tertiary/aromatic N) is 2. The van der Waals surface area contributed by atoms with Crippen molar-refractivity contribution < 1.29 is 4.79 Å². The predicted molar refractivity (Wildman–Crippen MR) is 101 cm³/mol. The van der Waals surface area contributed by atoms with E-state index in [1.165, 1.54) is 4.68 Å². The summed E-state index contributed by atoms with van der Waals surface area (Å²) in [6, 6.07) is 24.2. The Kier molecular flexibility index (Phi) is 3.96. The lowest BCUT2D eigenvalue weighted by molar-refractivity contribution is 0.252. The summed E-state index contributed by atoms with van der Waals surface area (Å²) in [4.78, 5) is 12.7. The van der Waals surface area contributed by atoms with E-state index in [9.17, 15) is 4.79 Å². The molecule has 1 amide bonds. The van der Waals surface area contributed by atoms with Gasteiger partial charge in [0, 0.05) is 21.7 Å². The molecule has 0 unspecified atom stereocenters. The van der Waals surface area contributed by atoms with Crippen molar-refractivity contribution >= 4 is 34.2 Å². The minimum atomic E-state index is -0.319. The topological polar surface area (TPSA) is 46.9 Å². The van der Waals surface area contributed by atoms with E-state index in [0.717, 1.165) is 22.2 Å². The number of benzene rings is 3. The van der Waals surface area contributed by atoms with Crippen LogP contribution in [-0.4, -0.2) is 15.8 Å². The molecule has 1 heterocycles. The number of fused-ring (bicyclic) bond motifs is 1. The summed E-state index contributed by atoms with van der Waals surface area (Å²) in [6.07, 6.45) is 0. The zero-order valence-corrected chi connectivity index (χ0v) is 13.9. The molecule has 1 aromatic heterocycles. The van der Waals surface area contributed by atoms with Gasteiger partial charge in [-0.2, -0.15) is 9.78 Å². The van der Waals surface area contributed by atoms with Crippen LogP contribution in [0.3, 0.4) is 0 Å². The highest BCUT2D eigenvalue weighted by Crippen LogP contribution is 2.27. The van der Waals surface area contributed by atoms with Gasteiger partial charge in [-0.15, -0.1) is 0 Å². The maximum Gasteiger partial charge on any atom is 0.347 e. The molecule has 4 nitrogen and oxygen atoms in total. The van der Waals surface area contributed by atoms with Crippen LogP contribution in [0.15, 0.2) is 78.9 Å². The second-order valence-electron chi connectivity index (χ2n) is 5.58. The van der Waals surface area contributed by atoms with Crippen molar-refractivity contribution in [3.05, 3.63) is 83.9 Å². The van der Waals surface area contributed by atoms with E-state index in [1.54, 1.807) is 24.3 Å². The lowest BCUT2D eigenvalue weighted by Crippen LogP contribution is -2.20. The van der Waals surface area contributed by atoms with Crippen molar-refractivity contribution in [3.8, 4) is 11.3 Å². The van der Waals surface area contributed by atoms with Gasteiger partial charge in [0.05, 0.1) is 5.52 Å². The Morgan fingerprint density at radius 3 is 2.32 bits per heavy atom. The van der Waals surface area contributed by atoms with Gasteiger partial charge in [-0.05, 0) is 30.3 Å². The van der Waals surface area contributed by atoms with Crippen LogP contribution in [0.5, 0.6) is 0 Å². The van der Waals surface area contributed by atoms with Gasteiger partial charge >= 0.3 is 6.03 Å². The Morgan fingerprint density at radius 2 is 1.56 bits per heavy atom. The van der Waals surface area contributed by atoms with Gasteiger partial charge in [0.15, 0.2) is 0 Å². The Bertz CT molecular complexity index is 1040. The number of halogens is 1. The largest absolute Gasteiger partial charge is 0.347 e. The van der Waals surface area contributed by atoms with Crippen molar-refractivity contribution in [3.63, 3.8) is 0 Å². The van der Waals surface area contributed by atoms with Crippen LogP contribution in [0.2, 0.25) is 5.02 Å². The van der Waals surface area contributed by atoms with E-state index in [1.807, 2.05) is 54.6 Å². The van der Waals surface area contributed by atoms with Crippen molar-refractivity contribution in [1.29, 1.82) is 0 Å². The molecule has 0 spiro atoms. The Labute approximate surface area is 149 Å². The van der Waals surface area contributed by atoms with Crippen LogP contribution in [0.25, 0.3) is 22.2 Å². The first kappa shape index (κ1) is 15.4. The van der Waals surface area contributed by atoms with Gasteiger partial charge in [-0.25, -0.2) is 4.79 Å². The fourth-order valence-electron chi connectivity index (χ4n) is 2.74. The number of rotatable bonds is 2. The van der Waals surface area contributed by atoms with Crippen molar-refractivity contribution in [2.45, 2.75) is 0 Å². The molecule has 4 rings (SSSR count). The number of hydrogen-bond acceptors (Lipinski definition) is 2. The average Bonchev–Trinajstić information content (AvgIpc) is 3.04. The minimum absolute atomic E-state index is 0.319. The quantitative estimate of drug-likeness (QED) is 0.525. The summed E-state index contributed by atoms with van der Waals surface area (Å²) in [5, 5.41) is 8.95. The standard InChI is InChI=1S/C20H14ClN3O/c21-15-10-12-16(13-11-15)22-20(25)24-18-9-5-4-8-17(18)19(23-24)14-6-2-1-3-7-14/h1-13H,(H,22,25). The minimum Gasteiger partial charge on any atom is -0.306 e. The molecular weight excluding hydrogens is 334 g/mol. The van der Waals surface area contributed by atoms with Crippen LogP contribution in [0.4, 0.5) is 10.5 Å². The molecule has 0 fully saturated rings. The second-order valence-corrected chi connectivity index (χ2v) is 6.02. The van der Waals surface area contributed by atoms with Crippen molar-refractivity contribution in [2.24, 2.45) is 0 Å². The smallest absolute Gasteiger partial charge is 0.306 e. The van der Waals surface area contributed by atoms with Crippen LogP contribution in [-0.2, 0) is 0 Å². The zero-order chi connectivity index (χ0) is 17.2. The Balaban J connectivity index is 1.77. The SMILES string of the molecule is O=C(Nc1ccc(Cl)cc1)n1nc(-c2ccccc2)c2ccccc21. The molecule has 25 heavy (non-hydrogen) atoms. The molecule has 3 aromatic carbocycles. The van der Waals surface area contributed by atoms with Gasteiger partial charge in [0.1, 0.15) is 5.69 Å². The van der Waals surface area contributed by atoms with E-state index in [2.05, 4.69) is 10.4 Å². The van der Waals surface area contributed by atoms with Crippen LogP contribution < -0.4 is 5.32 Å². The summed E-state index contributed by atoms with van der Waals surface area (Å²) in [6.45, 7) is 0.